The first-order valence-electron chi connectivity index (χ1n) is 3.94. The number of nitrogens with zero attached hydrogens (tertiary/aromatic N) is 2. The second-order valence-corrected chi connectivity index (χ2v) is 5.09. The second-order valence-electron chi connectivity index (χ2n) is 2.72. The lowest BCUT2D eigenvalue weighted by Crippen LogP contribution is -1.84. The van der Waals surface area contributed by atoms with Crippen LogP contribution in [0.3, 0.4) is 0 Å². The molecule has 0 fully saturated rings. The summed E-state index contributed by atoms with van der Waals surface area (Å²) >= 11 is 3.74. The third kappa shape index (κ3) is 1.13. The molecule has 0 bridgehead atoms. The van der Waals surface area contributed by atoms with Gasteiger partial charge >= 0.3 is 0 Å². The molecule has 13 heavy (non-hydrogen) atoms. The molecule has 2 aromatic rings. The van der Waals surface area contributed by atoms with Gasteiger partial charge in [0.25, 0.3) is 0 Å². The van der Waals surface area contributed by atoms with Gasteiger partial charge in [0.15, 0.2) is 0 Å². The van der Waals surface area contributed by atoms with Gasteiger partial charge in [-0.3, -0.25) is 9.97 Å². The van der Waals surface area contributed by atoms with Crippen LogP contribution in [0.1, 0.15) is 0 Å². The van der Waals surface area contributed by atoms with Gasteiger partial charge in [-0.25, -0.2) is 0 Å². The number of hydrogen-bond donors (Lipinski definition) is 0. The maximum atomic E-state index is 4.36. The van der Waals surface area contributed by atoms with E-state index in [1.54, 1.807) is 12.4 Å². The van der Waals surface area contributed by atoms with Crippen LogP contribution in [0.5, 0.6) is 0 Å². The molecule has 0 unspecified atom stereocenters. The molecular weight excluding hydrogens is 200 g/mol. The SMILES string of the molecule is c1cnc2c3c(ccc2n1)SCS3. The number of aromatic nitrogens is 2. The largest absolute Gasteiger partial charge is 0.253 e. The molecule has 0 aliphatic carbocycles. The Hall–Kier alpha value is -0.740. The maximum Gasteiger partial charge on any atom is 0.103 e. The van der Waals surface area contributed by atoms with Crippen molar-refractivity contribution in [3.63, 3.8) is 0 Å². The summed E-state index contributed by atoms with van der Waals surface area (Å²) in [5, 5.41) is 1.10. The Morgan fingerprint density at radius 2 is 2.00 bits per heavy atom. The summed E-state index contributed by atoms with van der Waals surface area (Å²) in [6.45, 7) is 0. The fourth-order valence-corrected chi connectivity index (χ4v) is 3.86. The molecule has 1 aromatic carbocycles. The fraction of sp³-hybridized carbons (Fsp3) is 0.111. The van der Waals surface area contributed by atoms with Crippen molar-refractivity contribution in [2.75, 3.05) is 5.08 Å². The monoisotopic (exact) mass is 206 g/mol. The third-order valence-corrected chi connectivity index (χ3v) is 4.40. The molecule has 0 atom stereocenters. The van der Waals surface area contributed by atoms with Crippen molar-refractivity contribution in [2.45, 2.75) is 9.79 Å². The van der Waals surface area contributed by atoms with E-state index in [9.17, 15) is 0 Å². The number of benzene rings is 1. The third-order valence-electron chi connectivity index (χ3n) is 1.98. The van der Waals surface area contributed by atoms with Gasteiger partial charge in [-0.05, 0) is 12.1 Å². The summed E-state index contributed by atoms with van der Waals surface area (Å²) in [4.78, 5) is 11.3. The highest BCUT2D eigenvalue weighted by Crippen LogP contribution is 2.44. The van der Waals surface area contributed by atoms with E-state index in [0.717, 1.165) is 16.1 Å². The van der Waals surface area contributed by atoms with E-state index in [0.29, 0.717) is 0 Å². The van der Waals surface area contributed by atoms with Gasteiger partial charge in [-0.1, -0.05) is 0 Å². The lowest BCUT2D eigenvalue weighted by atomic mass is 10.3. The molecule has 2 heterocycles. The average Bonchev–Trinajstić information content (AvgIpc) is 2.65. The first-order valence-corrected chi connectivity index (χ1v) is 5.91. The zero-order chi connectivity index (χ0) is 8.67. The zero-order valence-electron chi connectivity index (χ0n) is 6.73. The number of fused-ring (bicyclic) bond motifs is 3. The van der Waals surface area contributed by atoms with Crippen LogP contribution in [-0.4, -0.2) is 15.1 Å². The van der Waals surface area contributed by atoms with Crippen LogP contribution in [0, 0.1) is 0 Å². The first kappa shape index (κ1) is 7.64. The molecule has 1 aliphatic heterocycles. The summed E-state index contributed by atoms with van der Waals surface area (Å²) < 4.78 is 0. The fourth-order valence-electron chi connectivity index (χ4n) is 1.40. The van der Waals surface area contributed by atoms with Crippen molar-refractivity contribution in [3.8, 4) is 0 Å². The van der Waals surface area contributed by atoms with Crippen LogP contribution in [0.15, 0.2) is 34.3 Å². The van der Waals surface area contributed by atoms with E-state index in [1.165, 1.54) is 9.79 Å². The Morgan fingerprint density at radius 1 is 1.08 bits per heavy atom. The molecular formula is C9H6N2S2. The van der Waals surface area contributed by atoms with E-state index in [1.807, 2.05) is 29.6 Å². The highest BCUT2D eigenvalue weighted by Gasteiger charge is 2.15. The summed E-state index contributed by atoms with van der Waals surface area (Å²) in [6, 6.07) is 4.18. The molecule has 0 amide bonds. The van der Waals surface area contributed by atoms with Gasteiger partial charge in [0.1, 0.15) is 5.52 Å². The van der Waals surface area contributed by atoms with Crippen molar-refractivity contribution in [2.24, 2.45) is 0 Å². The topological polar surface area (TPSA) is 25.8 Å². The van der Waals surface area contributed by atoms with E-state index in [2.05, 4.69) is 16.0 Å². The molecule has 2 nitrogen and oxygen atoms in total. The van der Waals surface area contributed by atoms with Crippen molar-refractivity contribution in [3.05, 3.63) is 24.5 Å². The number of thioether (sulfide) groups is 2. The first-order chi connectivity index (χ1) is 6.45. The van der Waals surface area contributed by atoms with Crippen LogP contribution >= 0.6 is 23.5 Å². The van der Waals surface area contributed by atoms with Crippen LogP contribution in [0.4, 0.5) is 0 Å². The molecule has 4 heteroatoms. The van der Waals surface area contributed by atoms with E-state index in [-0.39, 0.29) is 0 Å². The van der Waals surface area contributed by atoms with Crippen molar-refractivity contribution >= 4 is 34.6 Å². The zero-order valence-corrected chi connectivity index (χ0v) is 8.36. The molecule has 0 radical (unpaired) electrons. The molecule has 64 valence electrons. The molecule has 1 aromatic heterocycles. The van der Waals surface area contributed by atoms with Crippen molar-refractivity contribution in [1.29, 1.82) is 0 Å². The summed E-state index contributed by atoms with van der Waals surface area (Å²) in [5.41, 5.74) is 2.05. The minimum Gasteiger partial charge on any atom is -0.253 e. The van der Waals surface area contributed by atoms with Crippen LogP contribution < -0.4 is 0 Å². The van der Waals surface area contributed by atoms with E-state index in [4.69, 9.17) is 0 Å². The molecule has 0 saturated heterocycles. The van der Waals surface area contributed by atoms with Gasteiger partial charge in [-0.2, -0.15) is 0 Å². The Balaban J connectivity index is 2.43. The normalized spacial score (nSPS) is 14.8. The summed E-state index contributed by atoms with van der Waals surface area (Å²) in [6.07, 6.45) is 3.49. The minimum atomic E-state index is 0.997. The predicted molar refractivity (Wildman–Crippen MR) is 56.1 cm³/mol. The molecule has 0 spiro atoms. The minimum absolute atomic E-state index is 0.997. The maximum absolute atomic E-state index is 4.36. The Morgan fingerprint density at radius 3 is 3.00 bits per heavy atom. The Labute approximate surface area is 84.2 Å². The van der Waals surface area contributed by atoms with Crippen LogP contribution in [0.25, 0.3) is 11.0 Å². The summed E-state index contributed by atoms with van der Waals surface area (Å²) in [5.74, 6) is 0. The quantitative estimate of drug-likeness (QED) is 0.662. The van der Waals surface area contributed by atoms with Gasteiger partial charge in [-0.15, -0.1) is 23.5 Å². The van der Waals surface area contributed by atoms with Gasteiger partial charge in [0.05, 0.1) is 5.52 Å². The van der Waals surface area contributed by atoms with Gasteiger partial charge < -0.3 is 0 Å². The lowest BCUT2D eigenvalue weighted by Gasteiger charge is -2.00. The average molecular weight is 206 g/mol. The highest BCUT2D eigenvalue weighted by atomic mass is 32.2. The van der Waals surface area contributed by atoms with Crippen molar-refractivity contribution in [1.82, 2.24) is 9.97 Å². The second kappa shape index (κ2) is 2.89. The lowest BCUT2D eigenvalue weighted by molar-refractivity contribution is 1.21. The molecule has 0 N–H and O–H groups in total. The Kier molecular flexibility index (Phi) is 1.70. The predicted octanol–water partition coefficient (Wildman–Crippen LogP) is 2.79. The van der Waals surface area contributed by atoms with Crippen LogP contribution in [-0.2, 0) is 0 Å². The summed E-state index contributed by atoms with van der Waals surface area (Å²) in [7, 11) is 0. The number of rotatable bonds is 0. The van der Waals surface area contributed by atoms with Gasteiger partial charge in [0.2, 0.25) is 0 Å². The van der Waals surface area contributed by atoms with Crippen LogP contribution in [0.2, 0.25) is 0 Å². The molecule has 3 rings (SSSR count). The van der Waals surface area contributed by atoms with E-state index >= 15 is 0 Å². The standard InChI is InChI=1S/C9H6N2S2/c1-2-7-9(13-5-12-7)8-6(1)10-3-4-11-8/h1-4H,5H2. The highest BCUT2D eigenvalue weighted by molar-refractivity contribution is 8.18. The molecule has 1 aliphatic rings. The Bertz CT molecular complexity index is 470. The number of hydrogen-bond acceptors (Lipinski definition) is 4. The van der Waals surface area contributed by atoms with Gasteiger partial charge in [0, 0.05) is 27.3 Å². The molecule has 0 saturated carbocycles. The smallest absolute Gasteiger partial charge is 0.103 e. The van der Waals surface area contributed by atoms with E-state index < -0.39 is 0 Å². The van der Waals surface area contributed by atoms with Crippen molar-refractivity contribution < 1.29 is 0 Å².